The molecule has 0 unspecified atom stereocenters. The summed E-state index contributed by atoms with van der Waals surface area (Å²) in [6, 6.07) is 0. The van der Waals surface area contributed by atoms with Crippen LogP contribution in [0.15, 0.2) is 4.99 Å². The second-order valence-electron chi connectivity index (χ2n) is 1.30. The molecule has 0 saturated heterocycles. The van der Waals surface area contributed by atoms with E-state index in [2.05, 4.69) is 15.7 Å². The summed E-state index contributed by atoms with van der Waals surface area (Å²) in [4.78, 5) is 3.92. The molecule has 1 heterocycles. The van der Waals surface area contributed by atoms with Crippen LogP contribution >= 0.6 is 0 Å². The Labute approximate surface area is 53.9 Å². The molecular formula is C4H12N4O. The summed E-state index contributed by atoms with van der Waals surface area (Å²) in [5, 5.41) is 9.92. The van der Waals surface area contributed by atoms with E-state index in [-0.39, 0.29) is 0 Å². The number of hydrogen-bond acceptors (Lipinski definition) is 5. The van der Waals surface area contributed by atoms with E-state index in [0.29, 0.717) is 5.96 Å². The van der Waals surface area contributed by atoms with Crippen LogP contribution < -0.4 is 16.6 Å². The van der Waals surface area contributed by atoms with E-state index in [1.165, 1.54) is 0 Å². The topological polar surface area (TPSA) is 82.7 Å². The van der Waals surface area contributed by atoms with Crippen molar-refractivity contribution in [3.8, 4) is 0 Å². The fraction of sp³-hybridized carbons (Fsp3) is 0.750. The molecular weight excluding hydrogens is 120 g/mol. The third-order valence-corrected chi connectivity index (χ3v) is 0.811. The lowest BCUT2D eigenvalue weighted by Gasteiger charge is -1.95. The van der Waals surface area contributed by atoms with Gasteiger partial charge in [0.25, 0.3) is 0 Å². The normalized spacial score (nSPS) is 14.8. The molecule has 0 aromatic rings. The van der Waals surface area contributed by atoms with Gasteiger partial charge >= 0.3 is 0 Å². The first-order valence-corrected chi connectivity index (χ1v) is 2.63. The Balaban J connectivity index is 0.000000291. The fourth-order valence-electron chi connectivity index (χ4n) is 0.495. The van der Waals surface area contributed by atoms with Gasteiger partial charge in [-0.15, -0.1) is 0 Å². The zero-order valence-electron chi connectivity index (χ0n) is 5.39. The number of guanidine groups is 1. The lowest BCUT2D eigenvalue weighted by Crippen LogP contribution is -2.38. The van der Waals surface area contributed by atoms with E-state index in [1.807, 2.05) is 0 Å². The van der Waals surface area contributed by atoms with Crippen molar-refractivity contribution in [3.05, 3.63) is 0 Å². The van der Waals surface area contributed by atoms with Crippen molar-refractivity contribution < 1.29 is 5.11 Å². The number of nitrogens with one attached hydrogen (secondary N) is 2. The molecule has 0 aromatic carbocycles. The zero-order chi connectivity index (χ0) is 7.11. The van der Waals surface area contributed by atoms with Gasteiger partial charge in [-0.1, -0.05) is 0 Å². The number of nitrogens with two attached hydrogens (primary N) is 1. The van der Waals surface area contributed by atoms with Crippen molar-refractivity contribution >= 4 is 5.96 Å². The molecule has 1 aliphatic rings. The monoisotopic (exact) mass is 132 g/mol. The molecule has 0 atom stereocenters. The highest BCUT2D eigenvalue weighted by Gasteiger charge is 1.98. The molecule has 1 rings (SSSR count). The van der Waals surface area contributed by atoms with Gasteiger partial charge in [0.15, 0.2) is 0 Å². The molecule has 0 aliphatic carbocycles. The molecule has 1 aliphatic heterocycles. The highest BCUT2D eigenvalue weighted by atomic mass is 16.2. The minimum absolute atomic E-state index is 0.694. The number of hydrogen-bond donors (Lipinski definition) is 4. The summed E-state index contributed by atoms with van der Waals surface area (Å²) in [5.74, 6) is 5.68. The van der Waals surface area contributed by atoms with Gasteiger partial charge in [-0.3, -0.25) is 10.4 Å². The van der Waals surface area contributed by atoms with Crippen molar-refractivity contribution in [2.75, 3.05) is 20.2 Å². The van der Waals surface area contributed by atoms with Gasteiger partial charge in [-0.05, 0) is 0 Å². The Kier molecular flexibility index (Phi) is 4.85. The maximum absolute atomic E-state index is 7.00. The number of nitrogens with zero attached hydrogens (tertiary/aromatic N) is 1. The summed E-state index contributed by atoms with van der Waals surface area (Å²) < 4.78 is 0. The van der Waals surface area contributed by atoms with Gasteiger partial charge in [0, 0.05) is 13.7 Å². The van der Waals surface area contributed by atoms with Crippen molar-refractivity contribution in [1.29, 1.82) is 0 Å². The van der Waals surface area contributed by atoms with Crippen LogP contribution in [-0.4, -0.2) is 31.3 Å². The third kappa shape index (κ3) is 2.89. The summed E-state index contributed by atoms with van der Waals surface area (Å²) in [5.41, 5.74) is 2.40. The second kappa shape index (κ2) is 5.33. The van der Waals surface area contributed by atoms with Gasteiger partial charge < -0.3 is 10.4 Å². The molecule has 0 saturated carbocycles. The number of hydrazine groups is 1. The first kappa shape index (κ1) is 8.19. The largest absolute Gasteiger partial charge is 0.400 e. The van der Waals surface area contributed by atoms with Crippen LogP contribution in [0.5, 0.6) is 0 Å². The lowest BCUT2D eigenvalue weighted by molar-refractivity contribution is 0.399. The predicted octanol–water partition coefficient (Wildman–Crippen LogP) is -1.98. The molecule has 0 fully saturated rings. The van der Waals surface area contributed by atoms with Crippen molar-refractivity contribution in [2.45, 2.75) is 0 Å². The standard InChI is InChI=1S/C3H8N4.CH4O/c4-7-3-5-1-2-6-3;1-2/h1-2,4H2,(H2,5,6,7);2H,1H3. The SMILES string of the molecule is CO.NNC1=NCCN1. The molecule has 5 N–H and O–H groups in total. The molecule has 9 heavy (non-hydrogen) atoms. The quantitative estimate of drug-likeness (QED) is 0.227. The summed E-state index contributed by atoms with van der Waals surface area (Å²) in [6.45, 7) is 1.74. The van der Waals surface area contributed by atoms with Gasteiger partial charge in [0.1, 0.15) is 0 Å². The Morgan fingerprint density at radius 2 is 2.44 bits per heavy atom. The third-order valence-electron chi connectivity index (χ3n) is 0.811. The number of aliphatic hydroxyl groups is 1. The van der Waals surface area contributed by atoms with Crippen molar-refractivity contribution in [3.63, 3.8) is 0 Å². The smallest absolute Gasteiger partial charge is 0.205 e. The molecule has 0 spiro atoms. The Bertz CT molecular complexity index is 92.6. The minimum atomic E-state index is 0.694. The first-order valence-electron chi connectivity index (χ1n) is 2.63. The molecule has 5 nitrogen and oxygen atoms in total. The summed E-state index contributed by atoms with van der Waals surface area (Å²) in [7, 11) is 1.00. The lowest BCUT2D eigenvalue weighted by atomic mass is 10.7. The van der Waals surface area contributed by atoms with Crippen LogP contribution in [0.25, 0.3) is 0 Å². The Morgan fingerprint density at radius 3 is 2.67 bits per heavy atom. The average molecular weight is 132 g/mol. The number of rotatable bonds is 0. The zero-order valence-corrected chi connectivity index (χ0v) is 5.39. The van der Waals surface area contributed by atoms with Crippen LogP contribution in [0.1, 0.15) is 0 Å². The summed E-state index contributed by atoms with van der Waals surface area (Å²) in [6.07, 6.45) is 0. The van der Waals surface area contributed by atoms with E-state index < -0.39 is 0 Å². The Morgan fingerprint density at radius 1 is 1.78 bits per heavy atom. The number of aliphatic imine (C=N–C) groups is 1. The van der Waals surface area contributed by atoms with Gasteiger partial charge in [-0.25, -0.2) is 5.84 Å². The van der Waals surface area contributed by atoms with E-state index in [9.17, 15) is 0 Å². The van der Waals surface area contributed by atoms with Crippen LogP contribution in [0.4, 0.5) is 0 Å². The van der Waals surface area contributed by atoms with Gasteiger partial charge in [0.05, 0.1) is 6.54 Å². The average Bonchev–Trinajstić information content (AvgIpc) is 2.43. The van der Waals surface area contributed by atoms with Crippen molar-refractivity contribution in [1.82, 2.24) is 10.7 Å². The molecule has 0 radical (unpaired) electrons. The molecule has 0 amide bonds. The first-order chi connectivity index (χ1) is 4.43. The van der Waals surface area contributed by atoms with E-state index in [1.54, 1.807) is 0 Å². The Hall–Kier alpha value is -0.810. The maximum Gasteiger partial charge on any atom is 0.205 e. The van der Waals surface area contributed by atoms with Crippen molar-refractivity contribution in [2.24, 2.45) is 10.8 Å². The van der Waals surface area contributed by atoms with E-state index in [0.717, 1.165) is 20.2 Å². The van der Waals surface area contributed by atoms with Crippen LogP contribution in [0.3, 0.4) is 0 Å². The number of aliphatic hydroxyl groups excluding tert-OH is 1. The van der Waals surface area contributed by atoms with E-state index in [4.69, 9.17) is 10.9 Å². The molecule has 54 valence electrons. The predicted molar refractivity (Wildman–Crippen MR) is 35.8 cm³/mol. The second-order valence-corrected chi connectivity index (χ2v) is 1.30. The highest BCUT2D eigenvalue weighted by Crippen LogP contribution is 1.76. The summed E-state index contributed by atoms with van der Waals surface area (Å²) >= 11 is 0. The highest BCUT2D eigenvalue weighted by molar-refractivity contribution is 5.80. The van der Waals surface area contributed by atoms with Crippen LogP contribution in [0.2, 0.25) is 0 Å². The molecule has 0 bridgehead atoms. The van der Waals surface area contributed by atoms with E-state index >= 15 is 0 Å². The van der Waals surface area contributed by atoms with Crippen LogP contribution in [0, 0.1) is 0 Å². The molecule has 0 aromatic heterocycles. The maximum atomic E-state index is 7.00. The van der Waals surface area contributed by atoms with Gasteiger partial charge in [0.2, 0.25) is 5.96 Å². The fourth-order valence-corrected chi connectivity index (χ4v) is 0.495. The van der Waals surface area contributed by atoms with Crippen LogP contribution in [-0.2, 0) is 0 Å². The van der Waals surface area contributed by atoms with Gasteiger partial charge in [-0.2, -0.15) is 0 Å². The minimum Gasteiger partial charge on any atom is -0.400 e. The molecule has 5 heteroatoms.